The van der Waals surface area contributed by atoms with E-state index in [1.54, 1.807) is 6.92 Å². The second-order valence-corrected chi connectivity index (χ2v) is 3.41. The molecule has 0 fully saturated rings. The monoisotopic (exact) mass is 196 g/mol. The third-order valence-electron chi connectivity index (χ3n) is 2.48. The first kappa shape index (κ1) is 10.8. The molecule has 0 amide bonds. The maximum Gasteiger partial charge on any atom is 0.356 e. The maximum absolute atomic E-state index is 10.8. The standard InChI is InChI=1S/C10H16N2O2/c1-4-7(5-2)9-11-6(3)8(12-9)10(13)14/h7H,4-5H2,1-3H3,(H,11,12)(H,13,14). The molecule has 0 aliphatic rings. The molecule has 1 aromatic heterocycles. The summed E-state index contributed by atoms with van der Waals surface area (Å²) in [4.78, 5) is 17.9. The molecule has 4 heteroatoms. The van der Waals surface area contributed by atoms with Gasteiger partial charge in [0, 0.05) is 11.6 Å². The molecule has 0 aromatic carbocycles. The van der Waals surface area contributed by atoms with E-state index >= 15 is 0 Å². The van der Waals surface area contributed by atoms with Crippen molar-refractivity contribution in [1.82, 2.24) is 9.97 Å². The average molecular weight is 196 g/mol. The summed E-state index contributed by atoms with van der Waals surface area (Å²) in [5.41, 5.74) is 0.784. The van der Waals surface area contributed by atoms with Gasteiger partial charge in [0.15, 0.2) is 5.69 Å². The number of nitrogens with zero attached hydrogens (tertiary/aromatic N) is 1. The van der Waals surface area contributed by atoms with Crippen molar-refractivity contribution in [2.24, 2.45) is 0 Å². The van der Waals surface area contributed by atoms with Crippen molar-refractivity contribution in [3.63, 3.8) is 0 Å². The summed E-state index contributed by atoms with van der Waals surface area (Å²) < 4.78 is 0. The van der Waals surface area contributed by atoms with Crippen LogP contribution in [0.15, 0.2) is 0 Å². The fourth-order valence-electron chi connectivity index (χ4n) is 1.56. The van der Waals surface area contributed by atoms with Crippen molar-refractivity contribution in [2.75, 3.05) is 0 Å². The number of aromatic nitrogens is 2. The molecule has 2 N–H and O–H groups in total. The van der Waals surface area contributed by atoms with Crippen molar-refractivity contribution in [3.8, 4) is 0 Å². The number of carbonyl (C=O) groups is 1. The number of aryl methyl sites for hydroxylation is 1. The molecule has 1 rings (SSSR count). The van der Waals surface area contributed by atoms with E-state index in [1.165, 1.54) is 0 Å². The number of nitrogens with one attached hydrogen (secondary N) is 1. The van der Waals surface area contributed by atoms with Gasteiger partial charge in [-0.3, -0.25) is 0 Å². The van der Waals surface area contributed by atoms with E-state index in [4.69, 9.17) is 5.11 Å². The zero-order valence-electron chi connectivity index (χ0n) is 8.79. The molecule has 14 heavy (non-hydrogen) atoms. The van der Waals surface area contributed by atoms with Crippen molar-refractivity contribution in [3.05, 3.63) is 17.2 Å². The van der Waals surface area contributed by atoms with Crippen molar-refractivity contribution in [1.29, 1.82) is 0 Å². The number of carboxylic acid groups (broad SMARTS) is 1. The molecule has 0 aliphatic heterocycles. The van der Waals surface area contributed by atoms with E-state index in [9.17, 15) is 4.79 Å². The quantitative estimate of drug-likeness (QED) is 0.776. The van der Waals surface area contributed by atoms with Crippen molar-refractivity contribution in [2.45, 2.75) is 39.5 Å². The van der Waals surface area contributed by atoms with E-state index in [-0.39, 0.29) is 5.69 Å². The lowest BCUT2D eigenvalue weighted by molar-refractivity contribution is 0.0690. The predicted octanol–water partition coefficient (Wildman–Crippen LogP) is 2.32. The highest BCUT2D eigenvalue weighted by Crippen LogP contribution is 2.21. The highest BCUT2D eigenvalue weighted by Gasteiger charge is 2.17. The summed E-state index contributed by atoms with van der Waals surface area (Å²) >= 11 is 0. The molecule has 4 nitrogen and oxygen atoms in total. The second kappa shape index (κ2) is 4.26. The lowest BCUT2D eigenvalue weighted by atomic mass is 10.0. The fourth-order valence-corrected chi connectivity index (χ4v) is 1.56. The second-order valence-electron chi connectivity index (χ2n) is 3.41. The highest BCUT2D eigenvalue weighted by atomic mass is 16.4. The zero-order valence-corrected chi connectivity index (χ0v) is 8.79. The van der Waals surface area contributed by atoms with E-state index in [1.807, 2.05) is 0 Å². The number of hydrogen-bond donors (Lipinski definition) is 2. The van der Waals surface area contributed by atoms with Gasteiger partial charge in [-0.05, 0) is 19.8 Å². The van der Waals surface area contributed by atoms with Gasteiger partial charge < -0.3 is 10.1 Å². The molecule has 78 valence electrons. The molecule has 0 saturated carbocycles. The van der Waals surface area contributed by atoms with Crippen LogP contribution in [-0.4, -0.2) is 21.0 Å². The number of hydrogen-bond acceptors (Lipinski definition) is 2. The van der Waals surface area contributed by atoms with E-state index in [0.717, 1.165) is 18.7 Å². The summed E-state index contributed by atoms with van der Waals surface area (Å²) in [6.07, 6.45) is 1.95. The molecule has 0 saturated heterocycles. The maximum atomic E-state index is 10.8. The Morgan fingerprint density at radius 3 is 2.43 bits per heavy atom. The summed E-state index contributed by atoms with van der Waals surface area (Å²) in [5.74, 6) is 0.169. The molecule has 0 aliphatic carbocycles. The Labute approximate surface area is 83.4 Å². The Balaban J connectivity index is 3.01. The van der Waals surface area contributed by atoms with Crippen LogP contribution in [0.1, 0.15) is 54.6 Å². The normalized spacial score (nSPS) is 10.9. The first-order valence-corrected chi connectivity index (χ1v) is 4.89. The number of carboxylic acids is 1. The topological polar surface area (TPSA) is 66.0 Å². The van der Waals surface area contributed by atoms with Crippen LogP contribution in [0.2, 0.25) is 0 Å². The lowest BCUT2D eigenvalue weighted by Gasteiger charge is -2.07. The number of rotatable bonds is 4. The van der Waals surface area contributed by atoms with E-state index in [2.05, 4.69) is 23.8 Å². The summed E-state index contributed by atoms with van der Waals surface area (Å²) in [7, 11) is 0. The molecule has 0 radical (unpaired) electrons. The zero-order chi connectivity index (χ0) is 10.7. The molecule has 0 unspecified atom stereocenters. The van der Waals surface area contributed by atoms with Gasteiger partial charge in [0.25, 0.3) is 0 Å². The average Bonchev–Trinajstić information content (AvgIpc) is 2.50. The van der Waals surface area contributed by atoms with Crippen LogP contribution in [0.25, 0.3) is 0 Å². The molecule has 1 aromatic rings. The summed E-state index contributed by atoms with van der Waals surface area (Å²) in [6, 6.07) is 0. The summed E-state index contributed by atoms with van der Waals surface area (Å²) in [6.45, 7) is 5.89. The van der Waals surface area contributed by atoms with Gasteiger partial charge >= 0.3 is 5.97 Å². The first-order chi connectivity index (χ1) is 6.60. The van der Waals surface area contributed by atoms with E-state index < -0.39 is 5.97 Å². The summed E-state index contributed by atoms with van der Waals surface area (Å²) in [5, 5.41) is 8.82. The Morgan fingerprint density at radius 1 is 1.50 bits per heavy atom. The molecule has 0 spiro atoms. The van der Waals surface area contributed by atoms with Gasteiger partial charge in [-0.15, -0.1) is 0 Å². The van der Waals surface area contributed by atoms with Crippen LogP contribution in [-0.2, 0) is 0 Å². The predicted molar refractivity (Wildman–Crippen MR) is 53.6 cm³/mol. The van der Waals surface area contributed by atoms with Gasteiger partial charge in [-0.25, -0.2) is 9.78 Å². The van der Waals surface area contributed by atoms with Crippen LogP contribution in [0.3, 0.4) is 0 Å². The van der Waals surface area contributed by atoms with Gasteiger partial charge in [0.2, 0.25) is 0 Å². The third kappa shape index (κ3) is 1.95. The van der Waals surface area contributed by atoms with Crippen LogP contribution < -0.4 is 0 Å². The SMILES string of the molecule is CCC(CC)c1nc(C(=O)O)c(C)[nH]1. The molecule has 0 bridgehead atoms. The third-order valence-corrected chi connectivity index (χ3v) is 2.48. The molecule has 1 heterocycles. The van der Waals surface area contributed by atoms with Gasteiger partial charge in [0.1, 0.15) is 5.82 Å². The van der Waals surface area contributed by atoms with Gasteiger partial charge in [-0.2, -0.15) is 0 Å². The number of H-pyrrole nitrogens is 1. The number of aromatic amines is 1. The first-order valence-electron chi connectivity index (χ1n) is 4.89. The lowest BCUT2D eigenvalue weighted by Crippen LogP contribution is -2.01. The molecular weight excluding hydrogens is 180 g/mol. The minimum atomic E-state index is -0.962. The smallest absolute Gasteiger partial charge is 0.356 e. The van der Waals surface area contributed by atoms with Crippen LogP contribution in [0, 0.1) is 6.92 Å². The minimum Gasteiger partial charge on any atom is -0.476 e. The van der Waals surface area contributed by atoms with Crippen LogP contribution >= 0.6 is 0 Å². The minimum absolute atomic E-state index is 0.145. The van der Waals surface area contributed by atoms with E-state index in [0.29, 0.717) is 11.6 Å². The highest BCUT2D eigenvalue weighted by molar-refractivity contribution is 5.86. The van der Waals surface area contributed by atoms with Crippen LogP contribution in [0.5, 0.6) is 0 Å². The molecule has 0 atom stereocenters. The Morgan fingerprint density at radius 2 is 2.07 bits per heavy atom. The molecular formula is C10H16N2O2. The number of imidazole rings is 1. The van der Waals surface area contributed by atoms with Crippen LogP contribution in [0.4, 0.5) is 0 Å². The fraction of sp³-hybridized carbons (Fsp3) is 0.600. The van der Waals surface area contributed by atoms with Gasteiger partial charge in [-0.1, -0.05) is 13.8 Å². The Bertz CT molecular complexity index is 327. The van der Waals surface area contributed by atoms with Crippen molar-refractivity contribution >= 4 is 5.97 Å². The largest absolute Gasteiger partial charge is 0.476 e. The number of aromatic carboxylic acids is 1. The van der Waals surface area contributed by atoms with Gasteiger partial charge in [0.05, 0.1) is 0 Å². The van der Waals surface area contributed by atoms with Crippen molar-refractivity contribution < 1.29 is 9.90 Å². The Hall–Kier alpha value is -1.32. The Kier molecular flexibility index (Phi) is 3.28.